The van der Waals surface area contributed by atoms with Crippen LogP contribution < -0.4 is 0 Å². The summed E-state index contributed by atoms with van der Waals surface area (Å²) in [5.74, 6) is 0. The van der Waals surface area contributed by atoms with Crippen LogP contribution in [0.25, 0.3) is 0 Å². The number of rotatable bonds is 4. The van der Waals surface area contributed by atoms with Crippen molar-refractivity contribution in [2.24, 2.45) is 0 Å². The molecule has 0 aromatic rings. The zero-order chi connectivity index (χ0) is 11.6. The number of aliphatic hydroxyl groups excluding tert-OH is 1. The molecule has 0 saturated carbocycles. The van der Waals surface area contributed by atoms with E-state index in [9.17, 15) is 5.11 Å². The Hall–Kier alpha value is 0.430. The minimum Gasteiger partial charge on any atom is -0.482 e. The molecule has 0 rings (SSSR count). The highest BCUT2D eigenvalue weighted by Gasteiger charge is 2.11. The van der Waals surface area contributed by atoms with Gasteiger partial charge in [-0.15, -0.1) is 23.2 Å². The molecular formula is C9H18Cl2O2S. The summed E-state index contributed by atoms with van der Waals surface area (Å²) >= 11 is 14.4. The maximum absolute atomic E-state index is 9.30. The monoisotopic (exact) mass is 260 g/mol. The quantitative estimate of drug-likeness (QED) is 0.621. The molecule has 14 heavy (non-hydrogen) atoms. The summed E-state index contributed by atoms with van der Waals surface area (Å²) < 4.78 is 5.15. The second-order valence-electron chi connectivity index (χ2n) is 2.89. The zero-order valence-corrected chi connectivity index (χ0v) is 11.1. The van der Waals surface area contributed by atoms with E-state index in [0.717, 1.165) is 6.42 Å². The molecule has 0 radical (unpaired) electrons. The first-order chi connectivity index (χ1) is 6.49. The summed E-state index contributed by atoms with van der Waals surface area (Å²) in [5.41, 5.74) is 0. The van der Waals surface area contributed by atoms with Gasteiger partial charge in [-0.2, -0.15) is 0 Å². The summed E-state index contributed by atoms with van der Waals surface area (Å²) in [6.45, 7) is 5.79. The maximum Gasteiger partial charge on any atom is 0.188 e. The zero-order valence-electron chi connectivity index (χ0n) is 8.80. The average Bonchev–Trinajstić information content (AvgIpc) is 2.04. The number of halogens is 2. The topological polar surface area (TPSA) is 29.5 Å². The van der Waals surface area contributed by atoms with Crippen molar-refractivity contribution in [2.75, 3.05) is 5.34 Å². The molecule has 0 amide bonds. The number of thiocarbonyl (C=S) groups is 1. The van der Waals surface area contributed by atoms with Crippen LogP contribution in [-0.4, -0.2) is 27.7 Å². The Kier molecular flexibility index (Phi) is 13.8. The van der Waals surface area contributed by atoms with Gasteiger partial charge in [0, 0.05) is 0 Å². The number of ether oxygens (including phenoxy) is 1. The Balaban J connectivity index is 0. The summed E-state index contributed by atoms with van der Waals surface area (Å²) in [5, 5.41) is 9.82. The molecule has 86 valence electrons. The number of alkyl halides is 2. The van der Waals surface area contributed by atoms with Gasteiger partial charge in [0.1, 0.15) is 6.10 Å². The first-order valence-corrected chi connectivity index (χ1v) is 5.97. The van der Waals surface area contributed by atoms with Crippen molar-refractivity contribution in [3.05, 3.63) is 0 Å². The first kappa shape index (κ1) is 16.8. The Bertz CT molecular complexity index is 143. The van der Waals surface area contributed by atoms with Gasteiger partial charge in [0.15, 0.2) is 5.05 Å². The van der Waals surface area contributed by atoms with Crippen molar-refractivity contribution in [2.45, 2.75) is 45.8 Å². The molecule has 5 heteroatoms. The van der Waals surface area contributed by atoms with Crippen LogP contribution in [0.15, 0.2) is 0 Å². The smallest absolute Gasteiger partial charge is 0.188 e. The summed E-state index contributed by atoms with van der Waals surface area (Å²) in [6.07, 6.45) is 1.10. The number of hydrogen-bond acceptors (Lipinski definition) is 3. The number of aliphatic hydroxyl groups is 1. The first-order valence-electron chi connectivity index (χ1n) is 4.50. The van der Waals surface area contributed by atoms with Gasteiger partial charge in [0.05, 0.1) is 11.4 Å². The third-order valence-electron chi connectivity index (χ3n) is 1.19. The van der Waals surface area contributed by atoms with E-state index in [2.05, 4.69) is 0 Å². The summed E-state index contributed by atoms with van der Waals surface area (Å²) in [7, 11) is 0. The van der Waals surface area contributed by atoms with Gasteiger partial charge in [-0.25, -0.2) is 0 Å². The Labute approximate surface area is 102 Å². The van der Waals surface area contributed by atoms with Crippen LogP contribution in [-0.2, 0) is 4.74 Å². The molecule has 0 aromatic carbocycles. The molecule has 0 spiro atoms. The fourth-order valence-electron chi connectivity index (χ4n) is 0.702. The van der Waals surface area contributed by atoms with Crippen LogP contribution in [0.3, 0.4) is 0 Å². The van der Waals surface area contributed by atoms with Crippen molar-refractivity contribution in [1.29, 1.82) is 0 Å². The van der Waals surface area contributed by atoms with Gasteiger partial charge >= 0.3 is 0 Å². The molecule has 0 aliphatic rings. The molecule has 1 N–H and O–H groups in total. The van der Waals surface area contributed by atoms with Crippen molar-refractivity contribution in [1.82, 2.24) is 0 Å². The largest absolute Gasteiger partial charge is 0.482 e. The minimum atomic E-state index is -0.572. The Morgan fingerprint density at radius 3 is 2.14 bits per heavy atom. The second-order valence-corrected chi connectivity index (χ2v) is 4.10. The molecule has 1 unspecified atom stereocenters. The lowest BCUT2D eigenvalue weighted by molar-refractivity contribution is 0.158. The predicted molar refractivity (Wildman–Crippen MR) is 66.3 cm³/mol. The highest BCUT2D eigenvalue weighted by molar-refractivity contribution is 7.80. The second kappa shape index (κ2) is 11.5. The number of hydrogen-bond donors (Lipinski definition) is 1. The van der Waals surface area contributed by atoms with Crippen LogP contribution in [0.5, 0.6) is 0 Å². The lowest BCUT2D eigenvalue weighted by Gasteiger charge is -2.14. The molecule has 2 nitrogen and oxygen atoms in total. The molecule has 0 fully saturated rings. The van der Waals surface area contributed by atoms with Gasteiger partial charge in [0.2, 0.25) is 0 Å². The van der Waals surface area contributed by atoms with Crippen molar-refractivity contribution in [3.8, 4) is 0 Å². The van der Waals surface area contributed by atoms with Gasteiger partial charge in [-0.3, -0.25) is 0 Å². The predicted octanol–water partition coefficient (Wildman–Crippen LogP) is 3.32. The standard InChI is InChI=1S/C8H16O2S.CH2Cl2/c1-4-5-7(9)8(11)10-6(2)3;2-1-3/h6-7,9H,4-5H2,1-3H3;1H2. The van der Waals surface area contributed by atoms with E-state index in [0.29, 0.717) is 11.5 Å². The van der Waals surface area contributed by atoms with E-state index in [1.54, 1.807) is 0 Å². The lowest BCUT2D eigenvalue weighted by atomic mass is 10.2. The molecule has 0 aliphatic heterocycles. The van der Waals surface area contributed by atoms with Crippen LogP contribution in [0.4, 0.5) is 0 Å². The molecule has 0 aliphatic carbocycles. The van der Waals surface area contributed by atoms with E-state index in [-0.39, 0.29) is 11.4 Å². The normalized spacial score (nSPS) is 11.6. The van der Waals surface area contributed by atoms with Gasteiger partial charge in [-0.05, 0) is 32.5 Å². The fraction of sp³-hybridized carbons (Fsp3) is 0.889. The highest BCUT2D eigenvalue weighted by Crippen LogP contribution is 2.02. The average molecular weight is 261 g/mol. The van der Waals surface area contributed by atoms with Crippen molar-refractivity contribution < 1.29 is 9.84 Å². The fourth-order valence-corrected chi connectivity index (χ4v) is 1.01. The minimum absolute atomic E-state index is 0.0639. The summed E-state index contributed by atoms with van der Waals surface area (Å²) in [6, 6.07) is 0. The maximum atomic E-state index is 9.30. The van der Waals surface area contributed by atoms with E-state index in [1.165, 1.54) is 0 Å². The van der Waals surface area contributed by atoms with E-state index in [1.807, 2.05) is 20.8 Å². The van der Waals surface area contributed by atoms with Crippen LogP contribution in [0.2, 0.25) is 0 Å². The van der Waals surface area contributed by atoms with Crippen LogP contribution in [0, 0.1) is 0 Å². The molecule has 0 bridgehead atoms. The summed E-state index contributed by atoms with van der Waals surface area (Å²) in [4.78, 5) is 0. The Morgan fingerprint density at radius 1 is 1.43 bits per heavy atom. The van der Waals surface area contributed by atoms with Gasteiger partial charge < -0.3 is 9.84 Å². The molecular weight excluding hydrogens is 243 g/mol. The van der Waals surface area contributed by atoms with E-state index in [4.69, 9.17) is 40.2 Å². The third-order valence-corrected chi connectivity index (χ3v) is 1.55. The van der Waals surface area contributed by atoms with Crippen LogP contribution >= 0.6 is 35.4 Å². The van der Waals surface area contributed by atoms with Crippen LogP contribution in [0.1, 0.15) is 33.6 Å². The van der Waals surface area contributed by atoms with E-state index >= 15 is 0 Å². The lowest BCUT2D eigenvalue weighted by Crippen LogP contribution is -2.23. The molecule has 0 aromatic heterocycles. The highest BCUT2D eigenvalue weighted by atomic mass is 35.5. The third kappa shape index (κ3) is 12.4. The van der Waals surface area contributed by atoms with Crippen molar-refractivity contribution >= 4 is 40.5 Å². The molecule has 1 atom stereocenters. The Morgan fingerprint density at radius 2 is 1.86 bits per heavy atom. The molecule has 0 saturated heterocycles. The molecule has 0 heterocycles. The SMILES string of the molecule is CCCC(O)C(=S)OC(C)C.ClCCl. The van der Waals surface area contributed by atoms with Crippen molar-refractivity contribution in [3.63, 3.8) is 0 Å². The van der Waals surface area contributed by atoms with E-state index < -0.39 is 6.10 Å². The van der Waals surface area contributed by atoms with Gasteiger partial charge in [-0.1, -0.05) is 13.3 Å². The van der Waals surface area contributed by atoms with Gasteiger partial charge in [0.25, 0.3) is 0 Å².